The van der Waals surface area contributed by atoms with E-state index < -0.39 is 0 Å². The SMILES string of the molecule is Cn1c2ccccc2c2ccc(-c3cccc4c3Oc3c(-c5ccc6c7ccccc7n(C)c6c5)cccc3C4(C)C)cc21. The number of aryl methyl sites for hydroxylation is 2. The van der Waals surface area contributed by atoms with Gasteiger partial charge >= 0.3 is 0 Å². The van der Waals surface area contributed by atoms with E-state index in [1.54, 1.807) is 0 Å². The van der Waals surface area contributed by atoms with Crippen LogP contribution in [0.1, 0.15) is 25.0 Å². The average molecular weight is 569 g/mol. The highest BCUT2D eigenvalue weighted by Crippen LogP contribution is 2.54. The van der Waals surface area contributed by atoms with Gasteiger partial charge in [-0.2, -0.15) is 0 Å². The summed E-state index contributed by atoms with van der Waals surface area (Å²) in [4.78, 5) is 0. The van der Waals surface area contributed by atoms with E-state index >= 15 is 0 Å². The first-order valence-corrected chi connectivity index (χ1v) is 15.3. The van der Waals surface area contributed by atoms with Gasteiger partial charge in [0.15, 0.2) is 0 Å². The zero-order chi connectivity index (χ0) is 29.7. The Kier molecular flexibility index (Phi) is 5.09. The molecule has 44 heavy (non-hydrogen) atoms. The molecule has 212 valence electrons. The van der Waals surface area contributed by atoms with Crippen LogP contribution < -0.4 is 4.74 Å². The number of benzene rings is 6. The van der Waals surface area contributed by atoms with Crippen LogP contribution in [0, 0.1) is 0 Å². The van der Waals surface area contributed by atoms with Crippen LogP contribution >= 0.6 is 0 Å². The molecule has 0 fully saturated rings. The van der Waals surface area contributed by atoms with Gasteiger partial charge in [0.05, 0.1) is 0 Å². The van der Waals surface area contributed by atoms with Gasteiger partial charge in [-0.25, -0.2) is 0 Å². The highest BCUT2D eigenvalue weighted by molar-refractivity contribution is 6.10. The van der Waals surface area contributed by atoms with Crippen molar-refractivity contribution in [1.82, 2.24) is 9.13 Å². The quantitative estimate of drug-likeness (QED) is 0.203. The minimum atomic E-state index is -0.234. The molecule has 0 bridgehead atoms. The summed E-state index contributed by atoms with van der Waals surface area (Å²) in [6, 6.07) is 44.1. The fourth-order valence-electron chi connectivity index (χ4n) is 7.64. The summed E-state index contributed by atoms with van der Waals surface area (Å²) in [6.45, 7) is 4.64. The van der Waals surface area contributed by atoms with Crippen LogP contribution in [0.4, 0.5) is 0 Å². The predicted molar refractivity (Wildman–Crippen MR) is 184 cm³/mol. The summed E-state index contributed by atoms with van der Waals surface area (Å²) in [5.74, 6) is 1.89. The molecule has 8 aromatic rings. The molecule has 0 saturated heterocycles. The van der Waals surface area contributed by atoms with Gasteiger partial charge in [-0.15, -0.1) is 0 Å². The molecule has 3 nitrogen and oxygen atoms in total. The number of hydrogen-bond acceptors (Lipinski definition) is 1. The molecular weight excluding hydrogens is 536 g/mol. The lowest BCUT2D eigenvalue weighted by Crippen LogP contribution is -2.25. The number of rotatable bonds is 2. The molecule has 0 saturated carbocycles. The fraction of sp³-hybridized carbons (Fsp3) is 0.122. The Morgan fingerprint density at radius 3 is 1.36 bits per heavy atom. The number of para-hydroxylation sites is 4. The second-order valence-electron chi connectivity index (χ2n) is 12.7. The molecule has 6 aromatic carbocycles. The molecule has 0 atom stereocenters. The second-order valence-corrected chi connectivity index (χ2v) is 12.7. The van der Waals surface area contributed by atoms with Crippen molar-refractivity contribution in [2.75, 3.05) is 0 Å². The van der Waals surface area contributed by atoms with Crippen molar-refractivity contribution in [2.24, 2.45) is 14.1 Å². The highest BCUT2D eigenvalue weighted by Gasteiger charge is 2.37. The zero-order valence-corrected chi connectivity index (χ0v) is 25.3. The number of nitrogens with zero attached hydrogens (tertiary/aromatic N) is 2. The maximum atomic E-state index is 7.07. The van der Waals surface area contributed by atoms with E-state index in [1.807, 2.05) is 0 Å². The normalized spacial score (nSPS) is 13.8. The molecule has 0 unspecified atom stereocenters. The molecule has 0 aliphatic carbocycles. The van der Waals surface area contributed by atoms with E-state index in [0.29, 0.717) is 0 Å². The lowest BCUT2D eigenvalue weighted by Gasteiger charge is -2.36. The number of ether oxygens (including phenoxy) is 1. The van der Waals surface area contributed by atoms with Gasteiger partial charge in [0.25, 0.3) is 0 Å². The molecule has 3 heteroatoms. The van der Waals surface area contributed by atoms with Crippen LogP contribution in [-0.2, 0) is 19.5 Å². The monoisotopic (exact) mass is 568 g/mol. The molecule has 1 aliphatic heterocycles. The van der Waals surface area contributed by atoms with E-state index in [0.717, 1.165) is 33.8 Å². The van der Waals surface area contributed by atoms with E-state index in [1.165, 1.54) is 54.7 Å². The summed E-state index contributed by atoms with van der Waals surface area (Å²) < 4.78 is 11.7. The molecule has 2 aromatic heterocycles. The van der Waals surface area contributed by atoms with Crippen LogP contribution in [0.25, 0.3) is 65.9 Å². The van der Waals surface area contributed by atoms with Crippen LogP contribution in [0.5, 0.6) is 11.5 Å². The lowest BCUT2D eigenvalue weighted by atomic mass is 9.74. The topological polar surface area (TPSA) is 19.1 Å². The largest absolute Gasteiger partial charge is 0.455 e. The van der Waals surface area contributed by atoms with Crippen LogP contribution in [0.2, 0.25) is 0 Å². The predicted octanol–water partition coefficient (Wildman–Crippen LogP) is 10.7. The zero-order valence-electron chi connectivity index (χ0n) is 25.3. The highest BCUT2D eigenvalue weighted by atomic mass is 16.5. The maximum absolute atomic E-state index is 7.07. The Morgan fingerprint density at radius 1 is 0.455 bits per heavy atom. The first-order valence-electron chi connectivity index (χ1n) is 15.3. The van der Waals surface area contributed by atoms with Crippen molar-refractivity contribution in [3.05, 3.63) is 132 Å². The Morgan fingerprint density at radius 2 is 0.886 bits per heavy atom. The Bertz CT molecular complexity index is 2300. The summed E-state index contributed by atoms with van der Waals surface area (Å²) in [5.41, 5.74) is 11.7. The summed E-state index contributed by atoms with van der Waals surface area (Å²) in [6.07, 6.45) is 0. The van der Waals surface area contributed by atoms with Crippen molar-refractivity contribution in [1.29, 1.82) is 0 Å². The van der Waals surface area contributed by atoms with Gasteiger partial charge in [0.2, 0.25) is 0 Å². The molecular formula is C41H32N2O. The molecule has 0 radical (unpaired) electrons. The number of aromatic nitrogens is 2. The van der Waals surface area contributed by atoms with Crippen molar-refractivity contribution in [2.45, 2.75) is 19.3 Å². The van der Waals surface area contributed by atoms with Crippen LogP contribution in [0.15, 0.2) is 121 Å². The van der Waals surface area contributed by atoms with E-state index in [9.17, 15) is 0 Å². The minimum Gasteiger partial charge on any atom is -0.455 e. The standard InChI is InChI=1S/C41H32N2O/c1-41(2)33-15-9-13-27(25-19-21-31-29-11-5-7-17-35(29)42(3)37(31)23-25)39(33)44-40-28(14-10-16-34(40)41)26-20-22-32-30-12-6-8-18-36(30)43(4)38(32)24-26/h5-24H,1-4H3. The molecule has 3 heterocycles. The van der Waals surface area contributed by atoms with Gasteiger partial charge < -0.3 is 13.9 Å². The number of hydrogen-bond donors (Lipinski definition) is 0. The molecule has 0 spiro atoms. The lowest BCUT2D eigenvalue weighted by molar-refractivity contribution is 0.421. The van der Waals surface area contributed by atoms with E-state index in [-0.39, 0.29) is 5.41 Å². The van der Waals surface area contributed by atoms with Crippen molar-refractivity contribution in [3.8, 4) is 33.8 Å². The van der Waals surface area contributed by atoms with Crippen molar-refractivity contribution in [3.63, 3.8) is 0 Å². The van der Waals surface area contributed by atoms with Gasteiger partial charge in [-0.05, 0) is 35.4 Å². The molecule has 0 amide bonds. The minimum absolute atomic E-state index is 0.234. The summed E-state index contributed by atoms with van der Waals surface area (Å²) in [5, 5.41) is 5.11. The third kappa shape index (κ3) is 3.32. The first kappa shape index (κ1) is 25.2. The van der Waals surface area contributed by atoms with Gasteiger partial charge in [0, 0.05) is 85.4 Å². The second kappa shape index (κ2) is 8.87. The smallest absolute Gasteiger partial charge is 0.139 e. The van der Waals surface area contributed by atoms with E-state index in [2.05, 4.69) is 158 Å². The number of fused-ring (bicyclic) bond motifs is 8. The Balaban J connectivity index is 1.23. The maximum Gasteiger partial charge on any atom is 0.139 e. The summed E-state index contributed by atoms with van der Waals surface area (Å²) >= 11 is 0. The molecule has 9 rings (SSSR count). The third-order valence-electron chi connectivity index (χ3n) is 10.0. The Labute approximate surface area is 256 Å². The average Bonchev–Trinajstić information content (AvgIpc) is 3.51. The van der Waals surface area contributed by atoms with Crippen molar-refractivity contribution >= 4 is 43.6 Å². The van der Waals surface area contributed by atoms with E-state index in [4.69, 9.17) is 4.74 Å². The van der Waals surface area contributed by atoms with Gasteiger partial charge in [-0.1, -0.05) is 111 Å². The Hall–Kier alpha value is -5.28. The van der Waals surface area contributed by atoms with Crippen LogP contribution in [-0.4, -0.2) is 9.13 Å². The van der Waals surface area contributed by atoms with Crippen LogP contribution in [0.3, 0.4) is 0 Å². The van der Waals surface area contributed by atoms with Gasteiger partial charge in [0.1, 0.15) is 11.5 Å². The van der Waals surface area contributed by atoms with Gasteiger partial charge in [-0.3, -0.25) is 0 Å². The molecule has 0 N–H and O–H groups in total. The first-order chi connectivity index (χ1) is 21.4. The van der Waals surface area contributed by atoms with Crippen molar-refractivity contribution < 1.29 is 4.74 Å². The fourth-order valence-corrected chi connectivity index (χ4v) is 7.64. The third-order valence-corrected chi connectivity index (χ3v) is 10.0. The molecule has 1 aliphatic rings. The summed E-state index contributed by atoms with van der Waals surface area (Å²) in [7, 11) is 4.31.